The molecule has 1 atom stereocenters. The van der Waals surface area contributed by atoms with Crippen LogP contribution in [-0.4, -0.2) is 32.2 Å². The molecule has 2 rings (SSSR count). The molecule has 0 heterocycles. The number of ether oxygens (including phenoxy) is 3. The number of hydrogen-bond acceptors (Lipinski definition) is 5. The van der Waals surface area contributed by atoms with Crippen LogP contribution in [0.2, 0.25) is 0 Å². The molecule has 5 heteroatoms. The van der Waals surface area contributed by atoms with E-state index in [0.29, 0.717) is 11.5 Å². The van der Waals surface area contributed by atoms with E-state index in [1.807, 2.05) is 6.07 Å². The molecule has 1 aromatic rings. The van der Waals surface area contributed by atoms with Crippen LogP contribution >= 0.6 is 0 Å². The van der Waals surface area contributed by atoms with Crippen LogP contribution in [0.4, 0.5) is 0 Å². The predicted molar refractivity (Wildman–Crippen MR) is 67.3 cm³/mol. The normalized spacial score (nSPS) is 20.4. The molecule has 0 aliphatic heterocycles. The van der Waals surface area contributed by atoms with Gasteiger partial charge in [0.05, 0.1) is 27.0 Å². The van der Waals surface area contributed by atoms with Gasteiger partial charge in [0.25, 0.3) is 0 Å². The molecule has 0 amide bonds. The topological polar surface area (TPSA) is 60.3 Å². The van der Waals surface area contributed by atoms with Crippen LogP contribution in [-0.2, 0) is 0 Å². The van der Waals surface area contributed by atoms with Crippen LogP contribution in [0.3, 0.4) is 0 Å². The lowest BCUT2D eigenvalue weighted by Crippen LogP contribution is -2.24. The summed E-state index contributed by atoms with van der Waals surface area (Å²) in [5.41, 5.74) is 1.75. The number of nitrogens with zero attached hydrogens (tertiary/aromatic N) is 1. The molecule has 1 saturated carbocycles. The molecule has 0 radical (unpaired) electrons. The quantitative estimate of drug-likeness (QED) is 0.659. The van der Waals surface area contributed by atoms with Crippen molar-refractivity contribution >= 4 is 5.71 Å². The highest BCUT2D eigenvalue weighted by atomic mass is 16.5. The van der Waals surface area contributed by atoms with E-state index >= 15 is 0 Å². The van der Waals surface area contributed by atoms with Crippen molar-refractivity contribution in [1.29, 1.82) is 0 Å². The number of benzene rings is 1. The van der Waals surface area contributed by atoms with Crippen molar-refractivity contribution in [2.45, 2.75) is 18.8 Å². The van der Waals surface area contributed by atoms with E-state index in [1.165, 1.54) is 0 Å². The minimum Gasteiger partial charge on any atom is -0.496 e. The highest BCUT2D eigenvalue weighted by Gasteiger charge is 2.31. The fourth-order valence-electron chi connectivity index (χ4n) is 2.20. The first-order chi connectivity index (χ1) is 8.74. The van der Waals surface area contributed by atoms with Crippen molar-refractivity contribution in [1.82, 2.24) is 0 Å². The first-order valence-corrected chi connectivity index (χ1v) is 5.75. The first-order valence-electron chi connectivity index (χ1n) is 5.75. The maximum Gasteiger partial charge on any atom is 0.164 e. The monoisotopic (exact) mass is 251 g/mol. The summed E-state index contributed by atoms with van der Waals surface area (Å²) in [6.07, 6.45) is 1.77. The molecule has 18 heavy (non-hydrogen) atoms. The summed E-state index contributed by atoms with van der Waals surface area (Å²) in [4.78, 5) is 0. The van der Waals surface area contributed by atoms with Crippen LogP contribution in [0.25, 0.3) is 0 Å². The van der Waals surface area contributed by atoms with Crippen LogP contribution in [0, 0.1) is 0 Å². The van der Waals surface area contributed by atoms with E-state index in [1.54, 1.807) is 27.4 Å². The molecule has 5 nitrogen and oxygen atoms in total. The highest BCUT2D eigenvalue weighted by molar-refractivity contribution is 5.96. The van der Waals surface area contributed by atoms with E-state index in [-0.39, 0.29) is 5.92 Å². The zero-order valence-electron chi connectivity index (χ0n) is 10.8. The molecule has 0 aromatic heterocycles. The van der Waals surface area contributed by atoms with Crippen molar-refractivity contribution in [2.75, 3.05) is 21.3 Å². The van der Waals surface area contributed by atoms with Crippen LogP contribution < -0.4 is 14.2 Å². The predicted octanol–water partition coefficient (Wildman–Crippen LogP) is 2.42. The third kappa shape index (κ3) is 1.96. The smallest absolute Gasteiger partial charge is 0.164 e. The molecule has 98 valence electrons. The summed E-state index contributed by atoms with van der Waals surface area (Å²) in [6, 6.07) is 3.67. The Morgan fingerprint density at radius 3 is 2.11 bits per heavy atom. The lowest BCUT2D eigenvalue weighted by atomic mass is 9.77. The molecule has 1 aliphatic carbocycles. The number of hydrogen-bond donors (Lipinski definition) is 1. The van der Waals surface area contributed by atoms with Gasteiger partial charge >= 0.3 is 0 Å². The van der Waals surface area contributed by atoms with Crippen molar-refractivity contribution in [3.05, 3.63) is 17.7 Å². The van der Waals surface area contributed by atoms with Gasteiger partial charge in [0, 0.05) is 17.5 Å². The second-order valence-corrected chi connectivity index (χ2v) is 4.13. The van der Waals surface area contributed by atoms with Gasteiger partial charge in [-0.2, -0.15) is 0 Å². The Labute approximate surface area is 106 Å². The SMILES string of the molecule is COc1cc(OC)c([C@H]2CC/C2=N/O)cc1OC. The Morgan fingerprint density at radius 1 is 1.06 bits per heavy atom. The van der Waals surface area contributed by atoms with E-state index in [2.05, 4.69) is 5.16 Å². The van der Waals surface area contributed by atoms with E-state index in [4.69, 9.17) is 19.4 Å². The molecule has 0 bridgehead atoms. The van der Waals surface area contributed by atoms with E-state index in [9.17, 15) is 0 Å². The Kier molecular flexibility index (Phi) is 3.60. The zero-order valence-corrected chi connectivity index (χ0v) is 10.8. The second kappa shape index (κ2) is 5.16. The molecule has 1 aliphatic rings. The van der Waals surface area contributed by atoms with Gasteiger partial charge in [-0.05, 0) is 18.9 Å². The summed E-state index contributed by atoms with van der Waals surface area (Å²) in [6.45, 7) is 0. The fraction of sp³-hybridized carbons (Fsp3) is 0.462. The minimum absolute atomic E-state index is 0.102. The van der Waals surface area contributed by atoms with Crippen molar-refractivity contribution in [3.63, 3.8) is 0 Å². The van der Waals surface area contributed by atoms with Crippen LogP contribution in [0.1, 0.15) is 24.3 Å². The van der Waals surface area contributed by atoms with Crippen LogP contribution in [0.15, 0.2) is 17.3 Å². The molecule has 0 unspecified atom stereocenters. The Hall–Kier alpha value is -1.91. The molecule has 1 N–H and O–H groups in total. The minimum atomic E-state index is 0.102. The molecule has 0 saturated heterocycles. The van der Waals surface area contributed by atoms with Gasteiger partial charge < -0.3 is 19.4 Å². The van der Waals surface area contributed by atoms with Gasteiger partial charge in [0.15, 0.2) is 11.5 Å². The highest BCUT2D eigenvalue weighted by Crippen LogP contribution is 2.43. The standard InChI is InChI=1S/C13H17NO4/c1-16-11-7-13(18-3)12(17-2)6-9(11)8-4-5-10(8)14-15/h6-8,15H,4-5H2,1-3H3/b14-10-/t8-/m1/s1. The Bertz CT molecular complexity index is 470. The van der Waals surface area contributed by atoms with E-state index in [0.717, 1.165) is 29.9 Å². The third-order valence-corrected chi connectivity index (χ3v) is 3.33. The van der Waals surface area contributed by atoms with Gasteiger partial charge in [-0.1, -0.05) is 5.16 Å². The molecule has 1 aromatic carbocycles. The number of rotatable bonds is 4. The number of methoxy groups -OCH3 is 3. The average Bonchev–Trinajstić information content (AvgIpc) is 2.37. The molecule has 0 spiro atoms. The second-order valence-electron chi connectivity index (χ2n) is 4.13. The summed E-state index contributed by atoms with van der Waals surface area (Å²) in [7, 11) is 4.79. The van der Waals surface area contributed by atoms with Crippen molar-refractivity contribution < 1.29 is 19.4 Å². The van der Waals surface area contributed by atoms with E-state index < -0.39 is 0 Å². The van der Waals surface area contributed by atoms with Gasteiger partial charge in [0.2, 0.25) is 0 Å². The van der Waals surface area contributed by atoms with Gasteiger partial charge in [-0.15, -0.1) is 0 Å². The Morgan fingerprint density at radius 2 is 1.67 bits per heavy atom. The third-order valence-electron chi connectivity index (χ3n) is 3.33. The Balaban J connectivity index is 2.45. The summed E-state index contributed by atoms with van der Waals surface area (Å²) >= 11 is 0. The van der Waals surface area contributed by atoms with Gasteiger partial charge in [0.1, 0.15) is 5.75 Å². The molecular weight excluding hydrogens is 234 g/mol. The molecular formula is C13H17NO4. The molecule has 1 fully saturated rings. The van der Waals surface area contributed by atoms with Crippen molar-refractivity contribution in [3.8, 4) is 17.2 Å². The number of oxime groups is 1. The van der Waals surface area contributed by atoms with Gasteiger partial charge in [-0.25, -0.2) is 0 Å². The lowest BCUT2D eigenvalue weighted by Gasteiger charge is -2.29. The lowest BCUT2D eigenvalue weighted by molar-refractivity contribution is 0.309. The van der Waals surface area contributed by atoms with Gasteiger partial charge in [-0.3, -0.25) is 0 Å². The fourth-order valence-corrected chi connectivity index (χ4v) is 2.20. The van der Waals surface area contributed by atoms with Crippen LogP contribution in [0.5, 0.6) is 17.2 Å². The largest absolute Gasteiger partial charge is 0.496 e. The summed E-state index contributed by atoms with van der Waals surface area (Å²) in [5.74, 6) is 2.10. The maximum absolute atomic E-state index is 8.90. The summed E-state index contributed by atoms with van der Waals surface area (Å²) < 4.78 is 15.9. The summed E-state index contributed by atoms with van der Waals surface area (Å²) in [5, 5.41) is 12.2. The van der Waals surface area contributed by atoms with Crippen molar-refractivity contribution in [2.24, 2.45) is 5.16 Å². The zero-order chi connectivity index (χ0) is 13.1. The maximum atomic E-state index is 8.90. The first kappa shape index (κ1) is 12.5. The average molecular weight is 251 g/mol.